The Morgan fingerprint density at radius 3 is 2.59 bits per heavy atom. The molecule has 22 heavy (non-hydrogen) atoms. The Morgan fingerprint density at radius 2 is 2.00 bits per heavy atom. The topological polar surface area (TPSA) is 66.4 Å². The fourth-order valence-corrected chi connectivity index (χ4v) is 2.64. The van der Waals surface area contributed by atoms with E-state index in [0.29, 0.717) is 23.0 Å². The van der Waals surface area contributed by atoms with Gasteiger partial charge in [0.05, 0.1) is 15.5 Å². The number of hydrogen-bond acceptors (Lipinski definition) is 2. The maximum absolute atomic E-state index is 12.1. The molecule has 2 N–H and O–H groups in total. The summed E-state index contributed by atoms with van der Waals surface area (Å²) in [5.41, 5.74) is 0.181. The van der Waals surface area contributed by atoms with Crippen molar-refractivity contribution in [2.75, 3.05) is 6.54 Å². The average Bonchev–Trinajstić information content (AvgIpc) is 3.22. The van der Waals surface area contributed by atoms with Crippen molar-refractivity contribution >= 4 is 35.1 Å². The number of nitrogens with one attached hydrogen (secondary N) is 1. The Morgan fingerprint density at radius 1 is 1.32 bits per heavy atom. The van der Waals surface area contributed by atoms with Crippen LogP contribution in [0.3, 0.4) is 0 Å². The number of hydrogen-bond donors (Lipinski definition) is 2. The van der Waals surface area contributed by atoms with Crippen molar-refractivity contribution in [1.29, 1.82) is 0 Å². The number of carboxylic acids is 1. The van der Waals surface area contributed by atoms with Crippen LogP contribution in [-0.4, -0.2) is 23.5 Å². The van der Waals surface area contributed by atoms with E-state index in [0.717, 1.165) is 12.0 Å². The van der Waals surface area contributed by atoms with Gasteiger partial charge >= 0.3 is 5.97 Å². The first-order valence-electron chi connectivity index (χ1n) is 7.18. The number of benzene rings is 1. The highest BCUT2D eigenvalue weighted by Gasteiger charge is 2.44. The van der Waals surface area contributed by atoms with Gasteiger partial charge in [-0.3, -0.25) is 9.59 Å². The lowest BCUT2D eigenvalue weighted by Gasteiger charge is -2.18. The molecule has 2 unspecified atom stereocenters. The summed E-state index contributed by atoms with van der Waals surface area (Å²) in [4.78, 5) is 23.1. The molecule has 120 valence electrons. The maximum atomic E-state index is 12.1. The maximum Gasteiger partial charge on any atom is 0.309 e. The van der Waals surface area contributed by atoms with E-state index in [1.165, 1.54) is 0 Å². The summed E-state index contributed by atoms with van der Waals surface area (Å²) in [5, 5.41) is 12.8. The highest BCUT2D eigenvalue weighted by atomic mass is 35.5. The van der Waals surface area contributed by atoms with Gasteiger partial charge in [0.2, 0.25) is 5.91 Å². The number of rotatable bonds is 6. The van der Waals surface area contributed by atoms with Gasteiger partial charge in [-0.2, -0.15) is 0 Å². The van der Waals surface area contributed by atoms with E-state index in [1.807, 2.05) is 6.07 Å². The summed E-state index contributed by atoms with van der Waals surface area (Å²) < 4.78 is 0. The number of carbonyl (C=O) groups is 2. The molecule has 4 nitrogen and oxygen atoms in total. The highest BCUT2D eigenvalue weighted by molar-refractivity contribution is 6.42. The highest BCUT2D eigenvalue weighted by Crippen LogP contribution is 2.48. The zero-order chi connectivity index (χ0) is 16.5. The van der Waals surface area contributed by atoms with Gasteiger partial charge in [-0.15, -0.1) is 0 Å². The van der Waals surface area contributed by atoms with Gasteiger partial charge in [-0.05, 0) is 50.3 Å². The fourth-order valence-electron chi connectivity index (χ4n) is 2.33. The first-order chi connectivity index (χ1) is 10.2. The molecule has 0 aliphatic heterocycles. The predicted molar refractivity (Wildman–Crippen MR) is 86.4 cm³/mol. The number of halogens is 2. The number of carboxylic acid groups (broad SMARTS) is 1. The summed E-state index contributed by atoms with van der Waals surface area (Å²) in [5.74, 6) is -0.786. The lowest BCUT2D eigenvalue weighted by Crippen LogP contribution is -2.32. The minimum absolute atomic E-state index is 0.0303. The third-order valence-corrected chi connectivity index (χ3v) is 4.87. The van der Waals surface area contributed by atoms with Crippen molar-refractivity contribution in [3.63, 3.8) is 0 Å². The second-order valence-electron chi connectivity index (χ2n) is 6.35. The van der Waals surface area contributed by atoms with Crippen LogP contribution in [0.2, 0.25) is 10.0 Å². The summed E-state index contributed by atoms with van der Waals surface area (Å²) in [6.07, 6.45) is 1.18. The van der Waals surface area contributed by atoms with Gasteiger partial charge in [0.15, 0.2) is 0 Å². The van der Waals surface area contributed by atoms with Crippen molar-refractivity contribution in [3.8, 4) is 0 Å². The Balaban J connectivity index is 1.83. The summed E-state index contributed by atoms with van der Waals surface area (Å²) in [6.45, 7) is 3.66. The number of carbonyl (C=O) groups excluding carboxylic acids is 1. The summed E-state index contributed by atoms with van der Waals surface area (Å²) >= 11 is 11.9. The standard InChI is InChI=1S/C16H19Cl2NO3/c1-16(2,15(21)22)5-6-19-14(20)11-8-10(11)9-3-4-12(17)13(18)7-9/h3-4,7,10-11H,5-6,8H2,1-2H3,(H,19,20)(H,21,22). The minimum Gasteiger partial charge on any atom is -0.481 e. The van der Waals surface area contributed by atoms with Crippen molar-refractivity contribution in [2.24, 2.45) is 11.3 Å². The molecule has 1 aliphatic rings. The molecule has 0 spiro atoms. The molecular formula is C16H19Cl2NO3. The second-order valence-corrected chi connectivity index (χ2v) is 7.17. The molecule has 2 rings (SSSR count). The van der Waals surface area contributed by atoms with Crippen molar-refractivity contribution in [1.82, 2.24) is 5.32 Å². The SMILES string of the molecule is CC(C)(CCNC(=O)C1CC1c1ccc(Cl)c(Cl)c1)C(=O)O. The molecule has 0 bridgehead atoms. The van der Waals surface area contributed by atoms with Crippen LogP contribution in [0.1, 0.15) is 38.2 Å². The lowest BCUT2D eigenvalue weighted by molar-refractivity contribution is -0.147. The molecule has 1 saturated carbocycles. The van der Waals surface area contributed by atoms with Crippen molar-refractivity contribution < 1.29 is 14.7 Å². The van der Waals surface area contributed by atoms with Crippen LogP contribution in [0, 0.1) is 11.3 Å². The zero-order valence-corrected chi connectivity index (χ0v) is 14.0. The predicted octanol–water partition coefficient (Wildman–Crippen LogP) is 3.71. The van der Waals surface area contributed by atoms with E-state index in [9.17, 15) is 9.59 Å². The van der Waals surface area contributed by atoms with Gasteiger partial charge in [0, 0.05) is 12.5 Å². The molecule has 1 fully saturated rings. The number of aliphatic carboxylic acids is 1. The number of amides is 1. The smallest absolute Gasteiger partial charge is 0.309 e. The largest absolute Gasteiger partial charge is 0.481 e. The lowest BCUT2D eigenvalue weighted by atomic mass is 9.90. The molecule has 2 atom stereocenters. The molecule has 0 saturated heterocycles. The molecular weight excluding hydrogens is 325 g/mol. The van der Waals surface area contributed by atoms with Gasteiger partial charge in [-0.1, -0.05) is 29.3 Å². The third kappa shape index (κ3) is 3.93. The Kier molecular flexibility index (Phi) is 5.03. The minimum atomic E-state index is -0.859. The molecule has 1 aromatic rings. The van der Waals surface area contributed by atoms with Crippen LogP contribution >= 0.6 is 23.2 Å². The molecule has 1 aliphatic carbocycles. The third-order valence-electron chi connectivity index (χ3n) is 4.13. The summed E-state index contributed by atoms with van der Waals surface area (Å²) in [7, 11) is 0. The Labute approximate surface area is 139 Å². The van der Waals surface area contributed by atoms with E-state index in [4.69, 9.17) is 28.3 Å². The van der Waals surface area contributed by atoms with Crippen molar-refractivity contribution in [2.45, 2.75) is 32.6 Å². The van der Waals surface area contributed by atoms with Crippen LogP contribution in [0.5, 0.6) is 0 Å². The molecule has 1 amide bonds. The average molecular weight is 344 g/mol. The first kappa shape index (κ1) is 17.1. The first-order valence-corrected chi connectivity index (χ1v) is 7.94. The van der Waals surface area contributed by atoms with E-state index < -0.39 is 11.4 Å². The van der Waals surface area contributed by atoms with E-state index in [1.54, 1.807) is 26.0 Å². The van der Waals surface area contributed by atoms with E-state index in [2.05, 4.69) is 5.32 Å². The van der Waals surface area contributed by atoms with Gasteiger partial charge in [-0.25, -0.2) is 0 Å². The van der Waals surface area contributed by atoms with Crippen LogP contribution in [0.4, 0.5) is 0 Å². The van der Waals surface area contributed by atoms with E-state index >= 15 is 0 Å². The van der Waals surface area contributed by atoms with Crippen LogP contribution in [-0.2, 0) is 9.59 Å². The fraction of sp³-hybridized carbons (Fsp3) is 0.500. The molecule has 0 aromatic heterocycles. The molecule has 1 aromatic carbocycles. The Bertz CT molecular complexity index is 601. The quantitative estimate of drug-likeness (QED) is 0.827. The molecule has 6 heteroatoms. The second kappa shape index (κ2) is 6.47. The van der Waals surface area contributed by atoms with Gasteiger partial charge in [0.1, 0.15) is 0 Å². The monoisotopic (exact) mass is 343 g/mol. The van der Waals surface area contributed by atoms with Crippen molar-refractivity contribution in [3.05, 3.63) is 33.8 Å². The molecule has 0 radical (unpaired) electrons. The van der Waals surface area contributed by atoms with Gasteiger partial charge < -0.3 is 10.4 Å². The summed E-state index contributed by atoms with van der Waals surface area (Å²) in [6, 6.07) is 5.43. The Hall–Kier alpha value is -1.26. The molecule has 0 heterocycles. The zero-order valence-electron chi connectivity index (χ0n) is 12.5. The normalized spacial score (nSPS) is 20.5. The van der Waals surface area contributed by atoms with Crippen LogP contribution < -0.4 is 5.32 Å². The van der Waals surface area contributed by atoms with Gasteiger partial charge in [0.25, 0.3) is 0 Å². The van der Waals surface area contributed by atoms with Crippen LogP contribution in [0.25, 0.3) is 0 Å². The van der Waals surface area contributed by atoms with Crippen LogP contribution in [0.15, 0.2) is 18.2 Å². The van der Waals surface area contributed by atoms with E-state index in [-0.39, 0.29) is 17.7 Å².